The topological polar surface area (TPSA) is 59.1 Å². The monoisotopic (exact) mass is 322 g/mol. The Kier molecular flexibility index (Phi) is 5.36. The third kappa shape index (κ3) is 4.75. The molecule has 0 atom stereocenters. The molecule has 1 aromatic carbocycles. The number of carbonyl (C=O) groups excluding carboxylic acids is 2. The Hall–Kier alpha value is -2.49. The summed E-state index contributed by atoms with van der Waals surface area (Å²) in [5.74, 6) is 0.709. The van der Waals surface area contributed by atoms with Crippen LogP contribution >= 0.6 is 0 Å². The van der Waals surface area contributed by atoms with Crippen LogP contribution < -0.4 is 5.32 Å². The molecule has 1 saturated carbocycles. The van der Waals surface area contributed by atoms with Gasteiger partial charge in [0, 0.05) is 42.8 Å². The lowest BCUT2D eigenvalue weighted by Crippen LogP contribution is -2.22. The first kappa shape index (κ1) is 16.4. The molecule has 1 aliphatic rings. The number of nitrogens with one attached hydrogen (secondary N) is 1. The van der Waals surface area contributed by atoms with Gasteiger partial charge in [0.05, 0.1) is 0 Å². The minimum atomic E-state index is -0.0258. The lowest BCUT2D eigenvalue weighted by Gasteiger charge is -2.06. The van der Waals surface area contributed by atoms with E-state index in [-0.39, 0.29) is 11.7 Å². The lowest BCUT2D eigenvalue weighted by molar-refractivity contribution is -0.121. The first-order valence-corrected chi connectivity index (χ1v) is 8.52. The number of pyridine rings is 1. The van der Waals surface area contributed by atoms with Crippen molar-refractivity contribution in [2.45, 2.75) is 44.6 Å². The zero-order valence-electron chi connectivity index (χ0n) is 13.7. The highest BCUT2D eigenvalue weighted by Gasteiger charge is 2.24. The zero-order chi connectivity index (χ0) is 16.8. The Balaban J connectivity index is 1.35. The van der Waals surface area contributed by atoms with Crippen LogP contribution in [-0.2, 0) is 11.3 Å². The highest BCUT2D eigenvalue weighted by Crippen LogP contribution is 2.38. The summed E-state index contributed by atoms with van der Waals surface area (Å²) in [6, 6.07) is 13.3. The van der Waals surface area contributed by atoms with Crippen LogP contribution in [0.4, 0.5) is 0 Å². The first-order valence-electron chi connectivity index (χ1n) is 8.52. The normalized spacial score (nSPS) is 13.5. The summed E-state index contributed by atoms with van der Waals surface area (Å²) in [6.07, 6.45) is 5.65. The van der Waals surface area contributed by atoms with E-state index >= 15 is 0 Å². The van der Waals surface area contributed by atoms with Crippen LogP contribution in [0.1, 0.15) is 59.6 Å². The number of hydrogen-bond acceptors (Lipinski definition) is 3. The summed E-state index contributed by atoms with van der Waals surface area (Å²) in [4.78, 5) is 28.3. The van der Waals surface area contributed by atoms with E-state index in [1.165, 1.54) is 12.8 Å². The summed E-state index contributed by atoms with van der Waals surface area (Å²) in [5.41, 5.74) is 2.87. The number of ketones is 1. The number of aromatic nitrogens is 1. The minimum absolute atomic E-state index is 0.0258. The Morgan fingerprint density at radius 2 is 1.83 bits per heavy atom. The average molecular weight is 322 g/mol. The Morgan fingerprint density at radius 3 is 2.50 bits per heavy atom. The van der Waals surface area contributed by atoms with Gasteiger partial charge in [0.2, 0.25) is 5.91 Å². The van der Waals surface area contributed by atoms with E-state index in [0.29, 0.717) is 37.3 Å². The van der Waals surface area contributed by atoms with E-state index < -0.39 is 0 Å². The summed E-state index contributed by atoms with van der Waals surface area (Å²) in [6.45, 7) is 0.489. The predicted octanol–water partition coefficient (Wildman–Crippen LogP) is 3.63. The SMILES string of the molecule is O=C(CCCC(=O)c1ccccc1)NCc1ccc(C2CC2)nc1. The summed E-state index contributed by atoms with van der Waals surface area (Å²) in [5, 5.41) is 2.89. The predicted molar refractivity (Wildman–Crippen MR) is 92.7 cm³/mol. The maximum Gasteiger partial charge on any atom is 0.220 e. The highest BCUT2D eigenvalue weighted by atomic mass is 16.1. The van der Waals surface area contributed by atoms with Gasteiger partial charge in [0.25, 0.3) is 0 Å². The van der Waals surface area contributed by atoms with Gasteiger partial charge in [-0.1, -0.05) is 36.4 Å². The van der Waals surface area contributed by atoms with Gasteiger partial charge in [-0.3, -0.25) is 14.6 Å². The molecule has 1 heterocycles. The molecule has 2 aromatic rings. The number of benzene rings is 1. The molecule has 3 rings (SSSR count). The molecule has 1 fully saturated rings. The van der Waals surface area contributed by atoms with E-state index in [1.807, 2.05) is 30.5 Å². The fraction of sp³-hybridized carbons (Fsp3) is 0.350. The fourth-order valence-electron chi connectivity index (χ4n) is 2.63. The third-order valence-electron chi connectivity index (χ3n) is 4.24. The van der Waals surface area contributed by atoms with Crippen LogP contribution in [0.5, 0.6) is 0 Å². The maximum absolute atomic E-state index is 12.0. The van der Waals surface area contributed by atoms with Crippen molar-refractivity contribution in [2.24, 2.45) is 0 Å². The van der Waals surface area contributed by atoms with Crippen molar-refractivity contribution in [1.29, 1.82) is 0 Å². The van der Waals surface area contributed by atoms with Crippen molar-refractivity contribution in [2.75, 3.05) is 0 Å². The van der Waals surface area contributed by atoms with Crippen molar-refractivity contribution >= 4 is 11.7 Å². The molecule has 1 aromatic heterocycles. The van der Waals surface area contributed by atoms with Crippen LogP contribution in [0.2, 0.25) is 0 Å². The fourth-order valence-corrected chi connectivity index (χ4v) is 2.63. The number of Topliss-reactive ketones (excluding diaryl/α,β-unsaturated/α-hetero) is 1. The summed E-state index contributed by atoms with van der Waals surface area (Å²) in [7, 11) is 0. The zero-order valence-corrected chi connectivity index (χ0v) is 13.7. The Bertz CT molecular complexity index is 691. The molecule has 0 bridgehead atoms. The second kappa shape index (κ2) is 7.86. The van der Waals surface area contributed by atoms with E-state index in [1.54, 1.807) is 12.1 Å². The van der Waals surface area contributed by atoms with Gasteiger partial charge >= 0.3 is 0 Å². The average Bonchev–Trinajstić information content (AvgIpc) is 3.46. The van der Waals surface area contributed by atoms with Gasteiger partial charge in [0.1, 0.15) is 0 Å². The van der Waals surface area contributed by atoms with Crippen LogP contribution in [0.15, 0.2) is 48.7 Å². The first-order chi connectivity index (χ1) is 11.7. The van der Waals surface area contributed by atoms with Crippen LogP contribution in [-0.4, -0.2) is 16.7 Å². The Labute approximate surface area is 142 Å². The molecule has 124 valence electrons. The summed E-state index contributed by atoms with van der Waals surface area (Å²) < 4.78 is 0. The minimum Gasteiger partial charge on any atom is -0.352 e. The molecule has 1 aliphatic carbocycles. The molecular weight excluding hydrogens is 300 g/mol. The molecule has 24 heavy (non-hydrogen) atoms. The molecule has 1 N–H and O–H groups in total. The van der Waals surface area contributed by atoms with Crippen LogP contribution in [0, 0.1) is 0 Å². The van der Waals surface area contributed by atoms with E-state index in [2.05, 4.69) is 16.4 Å². The standard InChI is InChI=1S/C20H22N2O2/c23-19(17-5-2-1-3-6-17)7-4-8-20(24)22-14-15-9-12-18(21-13-15)16-10-11-16/h1-3,5-6,9,12-13,16H,4,7-8,10-11,14H2,(H,22,24). The molecule has 0 radical (unpaired) electrons. The van der Waals surface area contributed by atoms with Crippen LogP contribution in [0.3, 0.4) is 0 Å². The van der Waals surface area contributed by atoms with Gasteiger partial charge in [0.15, 0.2) is 5.78 Å². The lowest BCUT2D eigenvalue weighted by atomic mass is 10.1. The van der Waals surface area contributed by atoms with Crippen molar-refractivity contribution in [3.8, 4) is 0 Å². The molecular formula is C20H22N2O2. The van der Waals surface area contributed by atoms with E-state index in [9.17, 15) is 9.59 Å². The summed E-state index contributed by atoms with van der Waals surface area (Å²) >= 11 is 0. The number of hydrogen-bond donors (Lipinski definition) is 1. The van der Waals surface area contributed by atoms with Crippen molar-refractivity contribution in [3.63, 3.8) is 0 Å². The van der Waals surface area contributed by atoms with Gasteiger partial charge in [-0.15, -0.1) is 0 Å². The Morgan fingerprint density at radius 1 is 1.04 bits per heavy atom. The van der Waals surface area contributed by atoms with Crippen molar-refractivity contribution in [1.82, 2.24) is 10.3 Å². The quantitative estimate of drug-likeness (QED) is 0.755. The molecule has 0 aliphatic heterocycles. The van der Waals surface area contributed by atoms with E-state index in [0.717, 1.165) is 11.3 Å². The van der Waals surface area contributed by atoms with Gasteiger partial charge in [-0.25, -0.2) is 0 Å². The number of nitrogens with zero attached hydrogens (tertiary/aromatic N) is 1. The van der Waals surface area contributed by atoms with E-state index in [4.69, 9.17) is 0 Å². The molecule has 0 spiro atoms. The smallest absolute Gasteiger partial charge is 0.220 e. The number of rotatable bonds is 8. The largest absolute Gasteiger partial charge is 0.352 e. The van der Waals surface area contributed by atoms with Crippen molar-refractivity contribution < 1.29 is 9.59 Å². The van der Waals surface area contributed by atoms with Gasteiger partial charge in [-0.2, -0.15) is 0 Å². The second-order valence-corrected chi connectivity index (χ2v) is 6.29. The molecule has 4 nitrogen and oxygen atoms in total. The number of carbonyl (C=O) groups is 2. The molecule has 4 heteroatoms. The maximum atomic E-state index is 12.0. The third-order valence-corrected chi connectivity index (χ3v) is 4.24. The van der Waals surface area contributed by atoms with Crippen molar-refractivity contribution in [3.05, 3.63) is 65.5 Å². The highest BCUT2D eigenvalue weighted by molar-refractivity contribution is 5.96. The number of amides is 1. The van der Waals surface area contributed by atoms with Crippen LogP contribution in [0.25, 0.3) is 0 Å². The van der Waals surface area contributed by atoms with Gasteiger partial charge in [-0.05, 0) is 30.9 Å². The molecule has 0 unspecified atom stereocenters. The molecule has 1 amide bonds. The van der Waals surface area contributed by atoms with Gasteiger partial charge < -0.3 is 5.32 Å². The molecule has 0 saturated heterocycles. The second-order valence-electron chi connectivity index (χ2n) is 6.29.